The summed E-state index contributed by atoms with van der Waals surface area (Å²) >= 11 is 0. The number of unbranched alkanes of at least 4 members (excludes halogenated alkanes) is 4. The maximum absolute atomic E-state index is 5.88. The lowest BCUT2D eigenvalue weighted by Gasteiger charge is -2.09. The van der Waals surface area contributed by atoms with Crippen LogP contribution in [0.4, 0.5) is 0 Å². The SMILES string of the molecule is CCCCCCNCCCCNCCCC(N)CC. The Morgan fingerprint density at radius 3 is 1.79 bits per heavy atom. The Balaban J connectivity index is 2.95. The third kappa shape index (κ3) is 15.8. The molecule has 1 atom stereocenters. The summed E-state index contributed by atoms with van der Waals surface area (Å²) in [6, 6.07) is 0.402. The molecule has 0 heterocycles. The van der Waals surface area contributed by atoms with Gasteiger partial charge in [-0.25, -0.2) is 0 Å². The van der Waals surface area contributed by atoms with Crippen LogP contribution in [0.3, 0.4) is 0 Å². The third-order valence-corrected chi connectivity index (χ3v) is 3.62. The average molecular weight is 271 g/mol. The van der Waals surface area contributed by atoms with Gasteiger partial charge in [0.25, 0.3) is 0 Å². The minimum absolute atomic E-state index is 0.402. The Bertz CT molecular complexity index is 162. The predicted molar refractivity (Wildman–Crippen MR) is 86.6 cm³/mol. The van der Waals surface area contributed by atoms with Crippen molar-refractivity contribution in [1.82, 2.24) is 10.6 Å². The van der Waals surface area contributed by atoms with Gasteiger partial charge in [-0.3, -0.25) is 0 Å². The first kappa shape index (κ1) is 18.9. The van der Waals surface area contributed by atoms with Crippen LogP contribution in [0.25, 0.3) is 0 Å². The Kier molecular flexibility index (Phi) is 15.8. The molecular formula is C16H37N3. The van der Waals surface area contributed by atoms with Crippen molar-refractivity contribution >= 4 is 0 Å². The summed E-state index contributed by atoms with van der Waals surface area (Å²) in [6.07, 6.45) is 11.5. The van der Waals surface area contributed by atoms with Crippen molar-refractivity contribution in [3.8, 4) is 0 Å². The van der Waals surface area contributed by atoms with Gasteiger partial charge in [0.1, 0.15) is 0 Å². The summed E-state index contributed by atoms with van der Waals surface area (Å²) in [7, 11) is 0. The van der Waals surface area contributed by atoms with Crippen LogP contribution in [0.1, 0.15) is 71.6 Å². The van der Waals surface area contributed by atoms with Crippen LogP contribution in [0.15, 0.2) is 0 Å². The molecule has 19 heavy (non-hydrogen) atoms. The first-order chi connectivity index (χ1) is 9.31. The number of hydrogen-bond acceptors (Lipinski definition) is 3. The highest BCUT2D eigenvalue weighted by atomic mass is 14.9. The van der Waals surface area contributed by atoms with Gasteiger partial charge < -0.3 is 16.4 Å². The lowest BCUT2D eigenvalue weighted by molar-refractivity contribution is 0.523. The number of hydrogen-bond donors (Lipinski definition) is 3. The van der Waals surface area contributed by atoms with Crippen LogP contribution in [0.5, 0.6) is 0 Å². The molecule has 0 rings (SSSR count). The van der Waals surface area contributed by atoms with Gasteiger partial charge in [-0.15, -0.1) is 0 Å². The second-order valence-corrected chi connectivity index (χ2v) is 5.58. The summed E-state index contributed by atoms with van der Waals surface area (Å²) in [5, 5.41) is 7.02. The van der Waals surface area contributed by atoms with E-state index in [4.69, 9.17) is 5.73 Å². The van der Waals surface area contributed by atoms with Crippen LogP contribution in [0, 0.1) is 0 Å². The fraction of sp³-hybridized carbons (Fsp3) is 1.00. The van der Waals surface area contributed by atoms with Gasteiger partial charge in [-0.2, -0.15) is 0 Å². The van der Waals surface area contributed by atoms with Crippen LogP contribution < -0.4 is 16.4 Å². The zero-order valence-electron chi connectivity index (χ0n) is 13.3. The summed E-state index contributed by atoms with van der Waals surface area (Å²) < 4.78 is 0. The Hall–Kier alpha value is -0.120. The molecule has 0 bridgehead atoms. The minimum atomic E-state index is 0.402. The van der Waals surface area contributed by atoms with E-state index in [1.807, 2.05) is 0 Å². The molecule has 0 aromatic rings. The molecule has 0 aromatic carbocycles. The summed E-state index contributed by atoms with van der Waals surface area (Å²) in [5.41, 5.74) is 5.88. The second-order valence-electron chi connectivity index (χ2n) is 5.58. The monoisotopic (exact) mass is 271 g/mol. The van der Waals surface area contributed by atoms with Crippen LogP contribution in [-0.4, -0.2) is 32.2 Å². The highest BCUT2D eigenvalue weighted by Gasteiger charge is 1.97. The molecule has 4 N–H and O–H groups in total. The van der Waals surface area contributed by atoms with E-state index in [0.29, 0.717) is 6.04 Å². The van der Waals surface area contributed by atoms with Gasteiger partial charge in [0, 0.05) is 6.04 Å². The van der Waals surface area contributed by atoms with Crippen LogP contribution in [-0.2, 0) is 0 Å². The van der Waals surface area contributed by atoms with E-state index >= 15 is 0 Å². The van der Waals surface area contributed by atoms with Gasteiger partial charge in [0.05, 0.1) is 0 Å². The largest absolute Gasteiger partial charge is 0.328 e. The molecule has 0 saturated carbocycles. The molecule has 0 amide bonds. The predicted octanol–water partition coefficient (Wildman–Crippen LogP) is 3.04. The number of nitrogens with one attached hydrogen (secondary N) is 2. The Morgan fingerprint density at radius 1 is 0.737 bits per heavy atom. The molecule has 0 radical (unpaired) electrons. The van der Waals surface area contributed by atoms with Gasteiger partial charge in [0.2, 0.25) is 0 Å². The van der Waals surface area contributed by atoms with Crippen molar-refractivity contribution in [2.75, 3.05) is 26.2 Å². The smallest absolute Gasteiger partial charge is 0.00366 e. The average Bonchev–Trinajstić information content (AvgIpc) is 2.43. The van der Waals surface area contributed by atoms with Crippen molar-refractivity contribution in [2.45, 2.75) is 77.7 Å². The van der Waals surface area contributed by atoms with E-state index in [1.54, 1.807) is 0 Å². The van der Waals surface area contributed by atoms with Crippen molar-refractivity contribution in [3.63, 3.8) is 0 Å². The molecule has 116 valence electrons. The minimum Gasteiger partial charge on any atom is -0.328 e. The van der Waals surface area contributed by atoms with Crippen LogP contribution in [0.2, 0.25) is 0 Å². The quantitative estimate of drug-likeness (QED) is 0.401. The molecular weight excluding hydrogens is 234 g/mol. The number of rotatable bonds is 15. The van der Waals surface area contributed by atoms with E-state index in [9.17, 15) is 0 Å². The zero-order chi connectivity index (χ0) is 14.2. The first-order valence-electron chi connectivity index (χ1n) is 8.48. The molecule has 1 unspecified atom stereocenters. The molecule has 0 aliphatic carbocycles. The fourth-order valence-electron chi connectivity index (χ4n) is 2.12. The molecule has 0 aliphatic heterocycles. The van der Waals surface area contributed by atoms with Crippen molar-refractivity contribution in [2.24, 2.45) is 5.73 Å². The highest BCUT2D eigenvalue weighted by molar-refractivity contribution is 4.59. The van der Waals surface area contributed by atoms with Gasteiger partial charge in [0.15, 0.2) is 0 Å². The fourth-order valence-corrected chi connectivity index (χ4v) is 2.12. The molecule has 0 aliphatic rings. The molecule has 0 saturated heterocycles. The molecule has 0 spiro atoms. The van der Waals surface area contributed by atoms with Crippen LogP contribution >= 0.6 is 0 Å². The van der Waals surface area contributed by atoms with E-state index in [1.165, 1.54) is 58.0 Å². The van der Waals surface area contributed by atoms with E-state index < -0.39 is 0 Å². The first-order valence-corrected chi connectivity index (χ1v) is 8.48. The highest BCUT2D eigenvalue weighted by Crippen LogP contribution is 1.98. The van der Waals surface area contributed by atoms with E-state index in [2.05, 4.69) is 24.5 Å². The zero-order valence-corrected chi connectivity index (χ0v) is 13.3. The topological polar surface area (TPSA) is 50.1 Å². The Labute approximate surface area is 121 Å². The van der Waals surface area contributed by atoms with Crippen molar-refractivity contribution in [3.05, 3.63) is 0 Å². The lowest BCUT2D eigenvalue weighted by atomic mass is 10.1. The van der Waals surface area contributed by atoms with Gasteiger partial charge in [-0.05, 0) is 64.7 Å². The maximum atomic E-state index is 5.88. The number of nitrogens with two attached hydrogens (primary N) is 1. The standard InChI is InChI=1S/C16H37N3/c1-3-5-6-7-12-18-13-8-9-14-19-15-10-11-16(17)4-2/h16,18-19H,3-15,17H2,1-2H3. The van der Waals surface area contributed by atoms with Gasteiger partial charge in [-0.1, -0.05) is 33.1 Å². The van der Waals surface area contributed by atoms with Crippen molar-refractivity contribution < 1.29 is 0 Å². The summed E-state index contributed by atoms with van der Waals surface area (Å²) in [6.45, 7) is 9.07. The summed E-state index contributed by atoms with van der Waals surface area (Å²) in [5.74, 6) is 0. The molecule has 0 fully saturated rings. The van der Waals surface area contributed by atoms with E-state index in [-0.39, 0.29) is 0 Å². The normalized spacial score (nSPS) is 12.8. The third-order valence-electron chi connectivity index (χ3n) is 3.62. The maximum Gasteiger partial charge on any atom is 0.00366 e. The van der Waals surface area contributed by atoms with E-state index in [0.717, 1.165) is 25.9 Å². The summed E-state index contributed by atoms with van der Waals surface area (Å²) in [4.78, 5) is 0. The Morgan fingerprint density at radius 2 is 1.26 bits per heavy atom. The lowest BCUT2D eigenvalue weighted by Crippen LogP contribution is -2.23. The molecule has 3 heteroatoms. The molecule has 0 aromatic heterocycles. The second kappa shape index (κ2) is 15.9. The van der Waals surface area contributed by atoms with Gasteiger partial charge >= 0.3 is 0 Å². The molecule has 3 nitrogen and oxygen atoms in total. The van der Waals surface area contributed by atoms with Crippen molar-refractivity contribution in [1.29, 1.82) is 0 Å².